The second kappa shape index (κ2) is 6.02. The molecule has 0 aliphatic heterocycles. The number of aromatic nitrogens is 2. The monoisotopic (exact) mass is 331 g/mol. The van der Waals surface area contributed by atoms with Crippen LogP contribution in [0.5, 0.6) is 0 Å². The number of carbonyl (C=O) groups is 1. The lowest BCUT2D eigenvalue weighted by Gasteiger charge is -2.21. The van der Waals surface area contributed by atoms with E-state index in [1.807, 2.05) is 17.5 Å². The van der Waals surface area contributed by atoms with E-state index in [2.05, 4.69) is 10.4 Å². The molecule has 0 fully saturated rings. The molecule has 1 unspecified atom stereocenters. The number of nitrogens with one attached hydrogen (secondary N) is 1. The molecule has 0 saturated heterocycles. The fourth-order valence-electron chi connectivity index (χ4n) is 2.27. The fourth-order valence-corrected chi connectivity index (χ4v) is 2.99. The minimum Gasteiger partial charge on any atom is -0.466 e. The summed E-state index contributed by atoms with van der Waals surface area (Å²) in [5.41, 5.74) is -0.160. The van der Waals surface area contributed by atoms with Gasteiger partial charge in [0.1, 0.15) is 17.1 Å². The van der Waals surface area contributed by atoms with E-state index in [-0.39, 0.29) is 12.5 Å². The fraction of sp³-hybridized carbons (Fsp3) is 0.250. The number of nitrogens with zero attached hydrogens (tertiary/aromatic N) is 2. The molecule has 7 heteroatoms. The predicted molar refractivity (Wildman–Crippen MR) is 87.1 cm³/mol. The molecule has 0 bridgehead atoms. The zero-order valence-corrected chi connectivity index (χ0v) is 13.6. The SMILES string of the molecule is Cn1cc(C(=O)NCC(C)(O)c2ccco2)c(-c2cccs2)n1. The maximum atomic E-state index is 12.5. The van der Waals surface area contributed by atoms with E-state index in [0.29, 0.717) is 17.0 Å². The second-order valence-corrected chi connectivity index (χ2v) is 6.42. The number of hydrogen-bond acceptors (Lipinski definition) is 5. The minimum absolute atomic E-state index is 0.0398. The highest BCUT2D eigenvalue weighted by molar-refractivity contribution is 7.13. The normalized spacial score (nSPS) is 13.7. The van der Waals surface area contributed by atoms with E-state index in [1.54, 1.807) is 37.0 Å². The third-order valence-corrected chi connectivity index (χ3v) is 4.35. The van der Waals surface area contributed by atoms with Crippen LogP contribution in [0.1, 0.15) is 23.0 Å². The van der Waals surface area contributed by atoms with Gasteiger partial charge in [-0.25, -0.2) is 0 Å². The number of furan rings is 1. The van der Waals surface area contributed by atoms with Crippen LogP contribution in [0, 0.1) is 0 Å². The van der Waals surface area contributed by atoms with Crippen molar-refractivity contribution in [2.75, 3.05) is 6.54 Å². The van der Waals surface area contributed by atoms with Gasteiger partial charge in [-0.15, -0.1) is 11.3 Å². The number of hydrogen-bond donors (Lipinski definition) is 2. The molecule has 3 aromatic heterocycles. The zero-order chi connectivity index (χ0) is 16.4. The summed E-state index contributed by atoms with van der Waals surface area (Å²) in [7, 11) is 1.77. The number of rotatable bonds is 5. The van der Waals surface area contributed by atoms with Gasteiger partial charge < -0.3 is 14.8 Å². The quantitative estimate of drug-likeness (QED) is 0.752. The Morgan fingerprint density at radius 2 is 2.30 bits per heavy atom. The molecule has 3 rings (SSSR count). The number of thiophene rings is 1. The lowest BCUT2D eigenvalue weighted by molar-refractivity contribution is 0.0330. The van der Waals surface area contributed by atoms with Crippen LogP contribution in [0.4, 0.5) is 0 Å². The first-order chi connectivity index (χ1) is 11.0. The van der Waals surface area contributed by atoms with E-state index in [4.69, 9.17) is 4.42 Å². The molecular weight excluding hydrogens is 314 g/mol. The summed E-state index contributed by atoms with van der Waals surface area (Å²) in [4.78, 5) is 13.4. The highest BCUT2D eigenvalue weighted by Gasteiger charge is 2.28. The summed E-state index contributed by atoms with van der Waals surface area (Å²) in [5, 5.41) is 19.4. The van der Waals surface area contributed by atoms with Gasteiger partial charge in [-0.1, -0.05) is 6.07 Å². The molecule has 2 N–H and O–H groups in total. The Hall–Kier alpha value is -2.38. The average Bonchev–Trinajstić information content (AvgIpc) is 3.24. The van der Waals surface area contributed by atoms with Gasteiger partial charge in [0.05, 0.1) is 23.2 Å². The number of carbonyl (C=O) groups excluding carboxylic acids is 1. The van der Waals surface area contributed by atoms with Crippen LogP contribution in [0.3, 0.4) is 0 Å². The smallest absolute Gasteiger partial charge is 0.255 e. The van der Waals surface area contributed by atoms with Gasteiger partial charge in [0, 0.05) is 13.2 Å². The first-order valence-electron chi connectivity index (χ1n) is 7.09. The number of aliphatic hydroxyl groups is 1. The zero-order valence-electron chi connectivity index (χ0n) is 12.8. The van der Waals surface area contributed by atoms with Gasteiger partial charge in [0.2, 0.25) is 0 Å². The summed E-state index contributed by atoms with van der Waals surface area (Å²) >= 11 is 1.52. The number of amides is 1. The van der Waals surface area contributed by atoms with Gasteiger partial charge in [0.25, 0.3) is 5.91 Å². The first-order valence-corrected chi connectivity index (χ1v) is 7.97. The van der Waals surface area contributed by atoms with Gasteiger partial charge >= 0.3 is 0 Å². The van der Waals surface area contributed by atoms with Crippen molar-refractivity contribution in [2.24, 2.45) is 7.05 Å². The number of aryl methyl sites for hydroxylation is 1. The van der Waals surface area contributed by atoms with Crippen molar-refractivity contribution in [3.8, 4) is 10.6 Å². The van der Waals surface area contributed by atoms with Crippen LogP contribution >= 0.6 is 11.3 Å². The van der Waals surface area contributed by atoms with Crippen molar-refractivity contribution in [3.63, 3.8) is 0 Å². The molecule has 0 spiro atoms. The topological polar surface area (TPSA) is 80.3 Å². The molecule has 0 aliphatic rings. The Balaban J connectivity index is 1.77. The molecule has 6 nitrogen and oxygen atoms in total. The summed E-state index contributed by atoms with van der Waals surface area (Å²) in [5.74, 6) is 0.121. The summed E-state index contributed by atoms with van der Waals surface area (Å²) in [6.45, 7) is 1.63. The summed E-state index contributed by atoms with van der Waals surface area (Å²) in [6, 6.07) is 7.20. The molecule has 23 heavy (non-hydrogen) atoms. The van der Waals surface area contributed by atoms with Crippen molar-refractivity contribution in [2.45, 2.75) is 12.5 Å². The van der Waals surface area contributed by atoms with Crippen molar-refractivity contribution in [3.05, 3.63) is 53.4 Å². The molecule has 1 amide bonds. The minimum atomic E-state index is -1.27. The van der Waals surface area contributed by atoms with E-state index in [1.165, 1.54) is 17.6 Å². The van der Waals surface area contributed by atoms with Crippen molar-refractivity contribution >= 4 is 17.2 Å². The Labute approximate surface area is 137 Å². The Morgan fingerprint density at radius 1 is 1.48 bits per heavy atom. The van der Waals surface area contributed by atoms with E-state index in [0.717, 1.165) is 4.88 Å². The maximum absolute atomic E-state index is 12.5. The molecule has 120 valence electrons. The van der Waals surface area contributed by atoms with Crippen LogP contribution in [-0.4, -0.2) is 27.3 Å². The summed E-state index contributed by atoms with van der Waals surface area (Å²) in [6.07, 6.45) is 3.16. The van der Waals surface area contributed by atoms with Crippen LogP contribution in [-0.2, 0) is 12.6 Å². The van der Waals surface area contributed by atoms with Crippen molar-refractivity contribution in [1.82, 2.24) is 15.1 Å². The molecule has 0 radical (unpaired) electrons. The molecular formula is C16H17N3O3S. The molecule has 1 atom stereocenters. The molecule has 0 aliphatic carbocycles. The van der Waals surface area contributed by atoms with E-state index < -0.39 is 5.60 Å². The average molecular weight is 331 g/mol. The highest BCUT2D eigenvalue weighted by Crippen LogP contribution is 2.26. The van der Waals surface area contributed by atoms with Crippen molar-refractivity contribution < 1.29 is 14.3 Å². The molecule has 3 aromatic rings. The Kier molecular flexibility index (Phi) is 4.06. The predicted octanol–water partition coefficient (Wildman–Crippen LogP) is 2.38. The van der Waals surface area contributed by atoms with Crippen LogP contribution < -0.4 is 5.32 Å². The Bertz CT molecular complexity index is 789. The maximum Gasteiger partial charge on any atom is 0.255 e. The lowest BCUT2D eigenvalue weighted by atomic mass is 10.0. The highest BCUT2D eigenvalue weighted by atomic mass is 32.1. The van der Waals surface area contributed by atoms with Gasteiger partial charge in [-0.2, -0.15) is 5.10 Å². The standard InChI is InChI=1S/C16H17N3O3S/c1-16(21,13-6-3-7-22-13)10-17-15(20)11-9-19(2)18-14(11)12-5-4-8-23-12/h3-9,21H,10H2,1-2H3,(H,17,20). The van der Waals surface area contributed by atoms with E-state index >= 15 is 0 Å². The van der Waals surface area contributed by atoms with Gasteiger partial charge in [-0.3, -0.25) is 9.48 Å². The van der Waals surface area contributed by atoms with Gasteiger partial charge in [-0.05, 0) is 30.5 Å². The van der Waals surface area contributed by atoms with Gasteiger partial charge in [0.15, 0.2) is 0 Å². The molecule has 0 saturated carbocycles. The summed E-state index contributed by atoms with van der Waals surface area (Å²) < 4.78 is 6.81. The third-order valence-electron chi connectivity index (χ3n) is 3.47. The van der Waals surface area contributed by atoms with E-state index in [9.17, 15) is 9.90 Å². The first kappa shape index (κ1) is 15.5. The third kappa shape index (κ3) is 3.20. The second-order valence-electron chi connectivity index (χ2n) is 5.48. The van der Waals surface area contributed by atoms with Crippen LogP contribution in [0.25, 0.3) is 10.6 Å². The molecule has 0 aromatic carbocycles. The van der Waals surface area contributed by atoms with Crippen LogP contribution in [0.2, 0.25) is 0 Å². The largest absolute Gasteiger partial charge is 0.466 e. The lowest BCUT2D eigenvalue weighted by Crippen LogP contribution is -2.38. The molecule has 3 heterocycles. The Morgan fingerprint density at radius 3 is 2.96 bits per heavy atom. The van der Waals surface area contributed by atoms with Crippen molar-refractivity contribution in [1.29, 1.82) is 0 Å². The van der Waals surface area contributed by atoms with Crippen LogP contribution in [0.15, 0.2) is 46.5 Å².